The molecule has 0 aliphatic heterocycles. The van der Waals surface area contributed by atoms with Crippen LogP contribution in [0.3, 0.4) is 0 Å². The first kappa shape index (κ1) is 20.9. The average Bonchev–Trinajstić information content (AvgIpc) is 2.58. The largest absolute Gasteiger partial charge is 0.401 e. The lowest BCUT2D eigenvalue weighted by molar-refractivity contribution is -0.133. The van der Waals surface area contributed by atoms with Crippen molar-refractivity contribution < 1.29 is 14.0 Å². The molecule has 1 aromatic heterocycles. The van der Waals surface area contributed by atoms with E-state index < -0.39 is 30.3 Å². The lowest BCUT2D eigenvalue weighted by Crippen LogP contribution is -2.46. The summed E-state index contributed by atoms with van der Waals surface area (Å²) in [5, 5.41) is 3.19. The maximum Gasteiger partial charge on any atom is 0.281 e. The molecule has 2 amide bonds. The second-order valence-corrected chi connectivity index (χ2v) is 5.84. The molecule has 0 saturated heterocycles. The van der Waals surface area contributed by atoms with Crippen molar-refractivity contribution in [3.8, 4) is 0 Å². The zero-order chi connectivity index (χ0) is 19.0. The maximum atomic E-state index is 13.2. The van der Waals surface area contributed by atoms with Crippen LogP contribution < -0.4 is 16.9 Å². The Hall–Kier alpha value is -2.19. The molecular weight excluding hydrogens is 349 g/mol. The lowest BCUT2D eigenvalue weighted by atomic mass is 10.1. The molecule has 0 aromatic carbocycles. The molecule has 7 nitrogen and oxygen atoms in total. The van der Waals surface area contributed by atoms with Gasteiger partial charge in [-0.25, -0.2) is 10.8 Å². The van der Waals surface area contributed by atoms with Gasteiger partial charge in [0.05, 0.1) is 6.04 Å². The molecule has 1 atom stereocenters. The fraction of sp³-hybridized carbons (Fsp3) is 0.438. The van der Waals surface area contributed by atoms with Gasteiger partial charge in [0.15, 0.2) is 0 Å². The Kier molecular flexibility index (Phi) is 8.30. The Morgan fingerprint density at radius 3 is 2.68 bits per heavy atom. The Balaban J connectivity index is 2.71. The summed E-state index contributed by atoms with van der Waals surface area (Å²) < 4.78 is 13.2. The zero-order valence-corrected chi connectivity index (χ0v) is 15.0. The van der Waals surface area contributed by atoms with Crippen molar-refractivity contribution in [3.63, 3.8) is 0 Å². The Morgan fingerprint density at radius 1 is 1.44 bits per heavy atom. The van der Waals surface area contributed by atoms with E-state index in [0.717, 1.165) is 6.42 Å². The van der Waals surface area contributed by atoms with Crippen LogP contribution >= 0.6 is 11.6 Å². The van der Waals surface area contributed by atoms with Crippen LogP contribution in [0.2, 0.25) is 0 Å². The van der Waals surface area contributed by atoms with E-state index in [9.17, 15) is 14.0 Å². The summed E-state index contributed by atoms with van der Waals surface area (Å²) in [4.78, 5) is 27.7. The molecule has 1 heterocycles. The van der Waals surface area contributed by atoms with E-state index in [0.29, 0.717) is 23.4 Å². The van der Waals surface area contributed by atoms with Crippen molar-refractivity contribution in [1.29, 1.82) is 0 Å². The highest BCUT2D eigenvalue weighted by molar-refractivity contribution is 6.42. The molecule has 1 aromatic rings. The molecule has 0 aliphatic carbocycles. The van der Waals surface area contributed by atoms with Crippen LogP contribution in [0, 0.1) is 5.95 Å². The van der Waals surface area contributed by atoms with E-state index in [1.165, 1.54) is 12.3 Å². The number of hydrazine groups is 1. The number of halogens is 2. The highest BCUT2D eigenvalue weighted by Gasteiger charge is 2.21. The molecule has 25 heavy (non-hydrogen) atoms. The summed E-state index contributed by atoms with van der Waals surface area (Å²) in [6, 6.07) is 2.42. The summed E-state index contributed by atoms with van der Waals surface area (Å²) in [5.74, 6) is 3.74. The molecule has 0 radical (unpaired) electrons. The topological polar surface area (TPSA) is 114 Å². The molecule has 138 valence electrons. The molecule has 0 aliphatic rings. The average molecular weight is 372 g/mol. The third kappa shape index (κ3) is 6.32. The number of nitrogens with zero attached hydrogens (tertiary/aromatic N) is 2. The molecule has 0 spiro atoms. The van der Waals surface area contributed by atoms with Crippen LogP contribution in [0.1, 0.15) is 44.7 Å². The number of hydrogen-bond donors (Lipinski definition) is 3. The number of nitrogens with two attached hydrogens (primary N) is 2. The fourth-order valence-electron chi connectivity index (χ4n) is 2.16. The fourth-order valence-corrected chi connectivity index (χ4v) is 2.37. The molecule has 1 unspecified atom stereocenters. The van der Waals surface area contributed by atoms with Crippen LogP contribution in [0.4, 0.5) is 4.39 Å². The summed E-state index contributed by atoms with van der Waals surface area (Å²) in [5.41, 5.74) is 6.49. The van der Waals surface area contributed by atoms with Gasteiger partial charge in [0.1, 0.15) is 11.6 Å². The van der Waals surface area contributed by atoms with Gasteiger partial charge in [-0.3, -0.25) is 14.6 Å². The molecule has 1 rings (SSSR count). The summed E-state index contributed by atoms with van der Waals surface area (Å²) >= 11 is 5.89. The predicted molar refractivity (Wildman–Crippen MR) is 93.2 cm³/mol. The van der Waals surface area contributed by atoms with Crippen LogP contribution in [-0.2, 0) is 9.59 Å². The van der Waals surface area contributed by atoms with Crippen LogP contribution in [-0.4, -0.2) is 28.4 Å². The quantitative estimate of drug-likeness (QED) is 0.211. The first-order chi connectivity index (χ1) is 11.8. The molecule has 9 heteroatoms. The number of nitrogens with one attached hydrogen (secondary N) is 1. The van der Waals surface area contributed by atoms with E-state index >= 15 is 0 Å². The Bertz CT molecular complexity index is 653. The van der Waals surface area contributed by atoms with Gasteiger partial charge >= 0.3 is 0 Å². The predicted octanol–water partition coefficient (Wildman–Crippen LogP) is 1.70. The number of amides is 2. The highest BCUT2D eigenvalue weighted by Crippen LogP contribution is 2.16. The van der Waals surface area contributed by atoms with E-state index in [4.69, 9.17) is 23.2 Å². The van der Waals surface area contributed by atoms with Crippen LogP contribution in [0.25, 0.3) is 0 Å². The Labute approximate surface area is 151 Å². The number of pyridine rings is 1. The van der Waals surface area contributed by atoms with Gasteiger partial charge in [0.25, 0.3) is 5.91 Å². The number of allylic oxidation sites excluding steroid dienone is 1. The Morgan fingerprint density at radius 2 is 2.12 bits per heavy atom. The zero-order valence-electron chi connectivity index (χ0n) is 14.3. The van der Waals surface area contributed by atoms with E-state index in [1.807, 2.05) is 13.8 Å². The van der Waals surface area contributed by atoms with Crippen molar-refractivity contribution in [2.75, 3.05) is 6.54 Å². The minimum absolute atomic E-state index is 0.194. The summed E-state index contributed by atoms with van der Waals surface area (Å²) in [7, 11) is 0. The number of carbonyl (C=O) groups excluding carboxylic acids is 2. The smallest absolute Gasteiger partial charge is 0.281 e. The van der Waals surface area contributed by atoms with Gasteiger partial charge in [-0.15, -0.1) is 0 Å². The molecule has 0 fully saturated rings. The van der Waals surface area contributed by atoms with E-state index in [-0.39, 0.29) is 10.7 Å². The molecule has 0 bridgehead atoms. The molecular formula is C16H23ClFN5O2. The number of rotatable bonds is 8. The monoisotopic (exact) mass is 371 g/mol. The van der Waals surface area contributed by atoms with E-state index in [1.54, 1.807) is 6.07 Å². The third-order valence-corrected chi connectivity index (χ3v) is 3.86. The van der Waals surface area contributed by atoms with Crippen LogP contribution in [0.15, 0.2) is 29.1 Å². The highest BCUT2D eigenvalue weighted by atomic mass is 35.5. The van der Waals surface area contributed by atoms with Gasteiger partial charge in [-0.05, 0) is 30.5 Å². The van der Waals surface area contributed by atoms with Gasteiger partial charge in [-0.1, -0.05) is 31.9 Å². The number of hydrogen-bond acceptors (Lipinski definition) is 5. The standard InChI is InChI=1S/C16H23ClFN5O2/c1-3-5-11(19)15(17)16(25)23(20)9-14(24)22-12(4-2)10-6-7-21-13(18)8-10/h6-8,12H,3-5,9,19-20H2,1-2H3,(H,22,24)/b15-11-. The number of aromatic nitrogens is 1. The van der Waals surface area contributed by atoms with Crippen LogP contribution in [0.5, 0.6) is 0 Å². The lowest BCUT2D eigenvalue weighted by Gasteiger charge is -2.21. The maximum absolute atomic E-state index is 13.2. The van der Waals surface area contributed by atoms with E-state index in [2.05, 4.69) is 10.3 Å². The normalized spacial score (nSPS) is 13.0. The third-order valence-electron chi connectivity index (χ3n) is 3.46. The van der Waals surface area contributed by atoms with Gasteiger partial charge in [0.2, 0.25) is 11.9 Å². The SMILES string of the molecule is CCC/C(N)=C(/Cl)C(=O)N(N)CC(=O)NC(CC)c1ccnc(F)c1. The van der Waals surface area contributed by atoms with Crippen molar-refractivity contribution in [2.45, 2.75) is 39.2 Å². The van der Waals surface area contributed by atoms with Gasteiger partial charge in [0, 0.05) is 11.9 Å². The summed E-state index contributed by atoms with van der Waals surface area (Å²) in [6.07, 6.45) is 3.02. The number of carbonyl (C=O) groups is 2. The van der Waals surface area contributed by atoms with Gasteiger partial charge < -0.3 is 11.1 Å². The second kappa shape index (κ2) is 9.95. The second-order valence-electron chi connectivity index (χ2n) is 5.46. The van der Waals surface area contributed by atoms with Crippen molar-refractivity contribution in [2.24, 2.45) is 11.6 Å². The van der Waals surface area contributed by atoms with Crippen molar-refractivity contribution >= 4 is 23.4 Å². The summed E-state index contributed by atoms with van der Waals surface area (Å²) in [6.45, 7) is 3.32. The molecule has 0 saturated carbocycles. The van der Waals surface area contributed by atoms with Crippen molar-refractivity contribution in [1.82, 2.24) is 15.3 Å². The minimum Gasteiger partial charge on any atom is -0.401 e. The minimum atomic E-state index is -0.731. The first-order valence-corrected chi connectivity index (χ1v) is 8.29. The molecule has 5 N–H and O–H groups in total. The first-order valence-electron chi connectivity index (χ1n) is 7.91. The van der Waals surface area contributed by atoms with Gasteiger partial charge in [-0.2, -0.15) is 4.39 Å². The van der Waals surface area contributed by atoms with Crippen molar-refractivity contribution in [3.05, 3.63) is 40.6 Å².